The zero-order valence-electron chi connectivity index (χ0n) is 12.5. The lowest BCUT2D eigenvalue weighted by Crippen LogP contribution is -2.47. The predicted octanol–water partition coefficient (Wildman–Crippen LogP) is 4.04. The second-order valence-corrected chi connectivity index (χ2v) is 7.21. The molecule has 0 bridgehead atoms. The summed E-state index contributed by atoms with van der Waals surface area (Å²) in [6, 6.07) is 8.29. The molecule has 0 spiro atoms. The minimum atomic E-state index is 0.00122. The summed E-state index contributed by atoms with van der Waals surface area (Å²) in [6.45, 7) is 3.95. The third kappa shape index (κ3) is 3.51. The first-order valence-electron chi connectivity index (χ1n) is 7.51. The van der Waals surface area contributed by atoms with Crippen LogP contribution < -0.4 is 5.32 Å². The van der Waals surface area contributed by atoms with Gasteiger partial charge in [-0.15, -0.1) is 22.7 Å². The summed E-state index contributed by atoms with van der Waals surface area (Å²) in [5, 5.41) is 7.24. The molecule has 6 heteroatoms. The van der Waals surface area contributed by atoms with Gasteiger partial charge in [0.2, 0.25) is 0 Å². The minimum absolute atomic E-state index is 0.00122. The van der Waals surface area contributed by atoms with E-state index in [4.69, 9.17) is 4.74 Å². The van der Waals surface area contributed by atoms with E-state index in [0.717, 1.165) is 6.42 Å². The van der Waals surface area contributed by atoms with Gasteiger partial charge in [0.25, 0.3) is 0 Å². The van der Waals surface area contributed by atoms with Crippen molar-refractivity contribution < 1.29 is 9.53 Å². The number of morpholine rings is 1. The van der Waals surface area contributed by atoms with Crippen molar-refractivity contribution in [1.29, 1.82) is 0 Å². The molecule has 3 heterocycles. The average molecular weight is 336 g/mol. The van der Waals surface area contributed by atoms with Gasteiger partial charge in [-0.05, 0) is 29.3 Å². The Hall–Kier alpha value is -1.37. The highest BCUT2D eigenvalue weighted by atomic mass is 32.1. The quantitative estimate of drug-likeness (QED) is 0.915. The van der Waals surface area contributed by atoms with Crippen molar-refractivity contribution in [3.63, 3.8) is 0 Å². The fourth-order valence-corrected chi connectivity index (χ4v) is 4.21. The van der Waals surface area contributed by atoms with Crippen LogP contribution in [0.3, 0.4) is 0 Å². The number of hydrogen-bond donors (Lipinski definition) is 1. The molecule has 4 nitrogen and oxygen atoms in total. The molecule has 0 aromatic carbocycles. The summed E-state index contributed by atoms with van der Waals surface area (Å²) < 4.78 is 5.80. The lowest BCUT2D eigenvalue weighted by molar-refractivity contribution is -0.0139. The fourth-order valence-electron chi connectivity index (χ4n) is 2.58. The first-order valence-corrected chi connectivity index (χ1v) is 9.27. The normalized spacial score (nSPS) is 19.9. The summed E-state index contributed by atoms with van der Waals surface area (Å²) >= 11 is 3.36. The van der Waals surface area contributed by atoms with Crippen molar-refractivity contribution in [3.8, 4) is 0 Å². The average Bonchev–Trinajstić information content (AvgIpc) is 3.25. The summed E-state index contributed by atoms with van der Waals surface area (Å²) in [5.41, 5.74) is 0. The van der Waals surface area contributed by atoms with Gasteiger partial charge in [0, 0.05) is 16.3 Å². The van der Waals surface area contributed by atoms with Gasteiger partial charge in [0.1, 0.15) is 6.10 Å². The molecule has 22 heavy (non-hydrogen) atoms. The first-order chi connectivity index (χ1) is 10.8. The van der Waals surface area contributed by atoms with Gasteiger partial charge in [-0.1, -0.05) is 19.1 Å². The molecule has 1 N–H and O–H groups in total. The molecule has 0 radical (unpaired) electrons. The van der Waals surface area contributed by atoms with Crippen LogP contribution in [0.2, 0.25) is 0 Å². The molecular weight excluding hydrogens is 316 g/mol. The molecule has 0 saturated carbocycles. The van der Waals surface area contributed by atoms with E-state index in [0.29, 0.717) is 19.7 Å². The van der Waals surface area contributed by atoms with Gasteiger partial charge >= 0.3 is 6.03 Å². The SMILES string of the molecule is CC[C@@H](NC(=O)N1CCO[C@@H](c2cccs2)C1)c1cccs1. The maximum absolute atomic E-state index is 12.5. The van der Waals surface area contributed by atoms with Crippen LogP contribution in [0.5, 0.6) is 0 Å². The Bertz CT molecular complexity index is 583. The monoisotopic (exact) mass is 336 g/mol. The van der Waals surface area contributed by atoms with Crippen molar-refractivity contribution in [3.05, 3.63) is 44.8 Å². The molecule has 1 fully saturated rings. The minimum Gasteiger partial charge on any atom is -0.369 e. The van der Waals surface area contributed by atoms with Crippen LogP contribution in [-0.4, -0.2) is 30.6 Å². The van der Waals surface area contributed by atoms with Crippen LogP contribution in [0.1, 0.15) is 35.2 Å². The highest BCUT2D eigenvalue weighted by molar-refractivity contribution is 7.10. The Morgan fingerprint density at radius 3 is 2.91 bits per heavy atom. The zero-order chi connectivity index (χ0) is 15.4. The van der Waals surface area contributed by atoms with E-state index in [-0.39, 0.29) is 18.2 Å². The highest BCUT2D eigenvalue weighted by Gasteiger charge is 2.27. The van der Waals surface area contributed by atoms with Gasteiger partial charge in [0.15, 0.2) is 0 Å². The van der Waals surface area contributed by atoms with E-state index in [1.807, 2.05) is 27.8 Å². The maximum Gasteiger partial charge on any atom is 0.318 e. The Kier molecular flexibility index (Phi) is 5.12. The number of hydrogen-bond acceptors (Lipinski definition) is 4. The zero-order valence-corrected chi connectivity index (χ0v) is 14.2. The summed E-state index contributed by atoms with van der Waals surface area (Å²) in [7, 11) is 0. The van der Waals surface area contributed by atoms with Crippen molar-refractivity contribution in [2.75, 3.05) is 19.7 Å². The standard InChI is InChI=1S/C16H20N2O2S2/c1-2-12(14-5-3-9-21-14)17-16(19)18-7-8-20-13(11-18)15-6-4-10-22-15/h3-6,9-10,12-13H,2,7-8,11H2,1H3,(H,17,19)/t12-,13-/m1/s1. The summed E-state index contributed by atoms with van der Waals surface area (Å²) in [5.74, 6) is 0. The fraction of sp³-hybridized carbons (Fsp3) is 0.438. The van der Waals surface area contributed by atoms with E-state index >= 15 is 0 Å². The third-order valence-electron chi connectivity index (χ3n) is 3.81. The third-order valence-corrected chi connectivity index (χ3v) is 5.76. The topological polar surface area (TPSA) is 41.6 Å². The van der Waals surface area contributed by atoms with Gasteiger partial charge in [-0.3, -0.25) is 0 Å². The second kappa shape index (κ2) is 7.26. The lowest BCUT2D eigenvalue weighted by Gasteiger charge is -2.33. The van der Waals surface area contributed by atoms with E-state index in [2.05, 4.69) is 24.4 Å². The van der Waals surface area contributed by atoms with Crippen LogP contribution in [0.25, 0.3) is 0 Å². The molecule has 1 saturated heterocycles. The Morgan fingerprint density at radius 2 is 2.23 bits per heavy atom. The molecule has 0 aliphatic carbocycles. The van der Waals surface area contributed by atoms with Gasteiger partial charge in [-0.25, -0.2) is 4.79 Å². The van der Waals surface area contributed by atoms with Crippen LogP contribution in [0.4, 0.5) is 4.79 Å². The van der Waals surface area contributed by atoms with Crippen LogP contribution in [0, 0.1) is 0 Å². The van der Waals surface area contributed by atoms with Crippen molar-refractivity contribution in [2.45, 2.75) is 25.5 Å². The number of nitrogens with one attached hydrogen (secondary N) is 1. The number of amides is 2. The molecule has 1 aliphatic rings. The van der Waals surface area contributed by atoms with Crippen molar-refractivity contribution in [2.24, 2.45) is 0 Å². The molecule has 2 atom stereocenters. The number of nitrogens with zero attached hydrogens (tertiary/aromatic N) is 1. The van der Waals surface area contributed by atoms with E-state index in [9.17, 15) is 4.79 Å². The summed E-state index contributed by atoms with van der Waals surface area (Å²) in [4.78, 5) is 16.8. The number of ether oxygens (including phenoxy) is 1. The molecule has 2 amide bonds. The maximum atomic E-state index is 12.5. The number of urea groups is 1. The predicted molar refractivity (Wildman–Crippen MR) is 90.5 cm³/mol. The number of rotatable bonds is 4. The molecule has 0 unspecified atom stereocenters. The highest BCUT2D eigenvalue weighted by Crippen LogP contribution is 2.27. The molecule has 3 rings (SSSR count). The number of carbonyl (C=O) groups excluding carboxylic acids is 1. The van der Waals surface area contributed by atoms with Crippen molar-refractivity contribution >= 4 is 28.7 Å². The van der Waals surface area contributed by atoms with Crippen LogP contribution in [-0.2, 0) is 4.74 Å². The summed E-state index contributed by atoms with van der Waals surface area (Å²) in [6.07, 6.45) is 0.895. The van der Waals surface area contributed by atoms with E-state index in [1.54, 1.807) is 22.7 Å². The number of thiophene rings is 2. The lowest BCUT2D eigenvalue weighted by atomic mass is 10.2. The molecule has 2 aromatic rings. The van der Waals surface area contributed by atoms with E-state index < -0.39 is 0 Å². The molecule has 2 aromatic heterocycles. The van der Waals surface area contributed by atoms with E-state index in [1.165, 1.54) is 9.75 Å². The van der Waals surface area contributed by atoms with Gasteiger partial charge in [-0.2, -0.15) is 0 Å². The largest absolute Gasteiger partial charge is 0.369 e. The second-order valence-electron chi connectivity index (χ2n) is 5.25. The molecule has 1 aliphatic heterocycles. The number of carbonyl (C=O) groups is 1. The van der Waals surface area contributed by atoms with Crippen LogP contribution in [0.15, 0.2) is 35.0 Å². The Balaban J connectivity index is 1.62. The Morgan fingerprint density at radius 1 is 1.41 bits per heavy atom. The first kappa shape index (κ1) is 15.5. The molecular formula is C16H20N2O2S2. The van der Waals surface area contributed by atoms with Crippen LogP contribution >= 0.6 is 22.7 Å². The van der Waals surface area contributed by atoms with Gasteiger partial charge < -0.3 is 15.0 Å². The Labute approximate surface area is 138 Å². The molecule has 118 valence electrons. The van der Waals surface area contributed by atoms with Gasteiger partial charge in [0.05, 0.1) is 19.2 Å². The smallest absolute Gasteiger partial charge is 0.318 e. The van der Waals surface area contributed by atoms with Crippen molar-refractivity contribution in [1.82, 2.24) is 10.2 Å².